The van der Waals surface area contributed by atoms with Crippen molar-refractivity contribution in [2.45, 2.75) is 51.2 Å². The van der Waals surface area contributed by atoms with E-state index in [1.54, 1.807) is 0 Å². The van der Waals surface area contributed by atoms with Crippen molar-refractivity contribution < 1.29 is 14.7 Å². The Labute approximate surface area is 135 Å². The Bertz CT molecular complexity index is 583. The van der Waals surface area contributed by atoms with Crippen molar-refractivity contribution >= 4 is 11.9 Å². The minimum atomic E-state index is -0.878. The van der Waals surface area contributed by atoms with Crippen LogP contribution < -0.4 is 5.32 Å². The van der Waals surface area contributed by atoms with Crippen LogP contribution in [0.5, 0.6) is 0 Å². The van der Waals surface area contributed by atoms with Gasteiger partial charge in [0.15, 0.2) is 0 Å². The van der Waals surface area contributed by atoms with Gasteiger partial charge in [-0.25, -0.2) is 0 Å². The van der Waals surface area contributed by atoms with Gasteiger partial charge in [0.2, 0.25) is 5.91 Å². The second-order valence-electron chi connectivity index (χ2n) is 6.66. The Morgan fingerprint density at radius 1 is 1.26 bits per heavy atom. The maximum Gasteiger partial charge on any atom is 0.320 e. The Hall–Kier alpha value is -1.95. The maximum absolute atomic E-state index is 12.8. The number of nitrogens with one attached hydrogen (secondary N) is 1. The molecule has 1 saturated heterocycles. The fourth-order valence-electron chi connectivity index (χ4n) is 3.01. The van der Waals surface area contributed by atoms with Crippen LogP contribution in [-0.4, -0.2) is 45.5 Å². The standard InChI is InChI=1S/C17H23N3O3/c1-11-2-3-13(8-18-11)10-20(9-12-4-5-12)16(21)14-6-7-15(19-14)17(22)23/h2-3,8,12,14-15,19H,4-7,9-10H2,1H3,(H,22,23)/t14-,15+/m1/s1. The molecule has 0 aromatic carbocycles. The molecule has 3 rings (SSSR count). The maximum atomic E-state index is 12.8. The van der Waals surface area contributed by atoms with Gasteiger partial charge in [-0.1, -0.05) is 6.07 Å². The van der Waals surface area contributed by atoms with Crippen LogP contribution in [0.2, 0.25) is 0 Å². The Balaban J connectivity index is 1.66. The van der Waals surface area contributed by atoms with E-state index < -0.39 is 12.0 Å². The molecule has 0 unspecified atom stereocenters. The molecular weight excluding hydrogens is 294 g/mol. The monoisotopic (exact) mass is 317 g/mol. The van der Waals surface area contributed by atoms with Gasteiger partial charge in [-0.2, -0.15) is 0 Å². The van der Waals surface area contributed by atoms with Gasteiger partial charge in [0.05, 0.1) is 6.04 Å². The molecule has 0 spiro atoms. The molecule has 1 aliphatic carbocycles. The van der Waals surface area contributed by atoms with E-state index in [1.165, 1.54) is 12.8 Å². The molecule has 23 heavy (non-hydrogen) atoms. The van der Waals surface area contributed by atoms with E-state index in [2.05, 4.69) is 10.3 Å². The number of aliphatic carboxylic acids is 1. The summed E-state index contributed by atoms with van der Waals surface area (Å²) in [5.41, 5.74) is 1.97. The van der Waals surface area contributed by atoms with Gasteiger partial charge in [-0.15, -0.1) is 0 Å². The van der Waals surface area contributed by atoms with Gasteiger partial charge in [0.25, 0.3) is 0 Å². The lowest BCUT2D eigenvalue weighted by atomic mass is 10.1. The molecule has 1 aromatic rings. The van der Waals surface area contributed by atoms with E-state index in [9.17, 15) is 9.59 Å². The summed E-state index contributed by atoms with van der Waals surface area (Å²) in [6.45, 7) is 3.23. The average molecular weight is 317 g/mol. The van der Waals surface area contributed by atoms with E-state index in [0.717, 1.165) is 17.8 Å². The number of carboxylic acid groups (broad SMARTS) is 1. The van der Waals surface area contributed by atoms with Crippen molar-refractivity contribution in [2.75, 3.05) is 6.54 Å². The van der Waals surface area contributed by atoms with Gasteiger partial charge in [-0.05, 0) is 50.2 Å². The Morgan fingerprint density at radius 2 is 2.00 bits per heavy atom. The van der Waals surface area contributed by atoms with Crippen molar-refractivity contribution in [1.29, 1.82) is 0 Å². The number of amides is 1. The van der Waals surface area contributed by atoms with Crippen LogP contribution in [0.1, 0.15) is 36.9 Å². The fourth-order valence-corrected chi connectivity index (χ4v) is 3.01. The van der Waals surface area contributed by atoms with Gasteiger partial charge in [0, 0.05) is 25.0 Å². The Morgan fingerprint density at radius 3 is 2.57 bits per heavy atom. The lowest BCUT2D eigenvalue weighted by Gasteiger charge is -2.26. The zero-order valence-corrected chi connectivity index (χ0v) is 13.4. The van der Waals surface area contributed by atoms with Crippen molar-refractivity contribution in [1.82, 2.24) is 15.2 Å². The molecule has 0 radical (unpaired) electrons. The Kier molecular flexibility index (Phi) is 4.61. The van der Waals surface area contributed by atoms with Crippen LogP contribution in [0.3, 0.4) is 0 Å². The van der Waals surface area contributed by atoms with Crippen LogP contribution in [0.4, 0.5) is 0 Å². The zero-order valence-electron chi connectivity index (χ0n) is 13.4. The molecule has 6 nitrogen and oxygen atoms in total. The van der Waals surface area contributed by atoms with Crippen molar-refractivity contribution in [2.24, 2.45) is 5.92 Å². The van der Waals surface area contributed by atoms with Crippen molar-refractivity contribution in [3.63, 3.8) is 0 Å². The summed E-state index contributed by atoms with van der Waals surface area (Å²) in [5, 5.41) is 12.0. The smallest absolute Gasteiger partial charge is 0.320 e. The number of pyridine rings is 1. The highest BCUT2D eigenvalue weighted by Gasteiger charge is 2.36. The topological polar surface area (TPSA) is 82.5 Å². The minimum Gasteiger partial charge on any atom is -0.480 e. The van der Waals surface area contributed by atoms with Gasteiger partial charge < -0.3 is 10.0 Å². The summed E-state index contributed by atoms with van der Waals surface area (Å²) in [7, 11) is 0. The molecule has 6 heteroatoms. The SMILES string of the molecule is Cc1ccc(CN(CC2CC2)C(=O)[C@H]2CC[C@@H](C(=O)O)N2)cn1. The van der Waals surface area contributed by atoms with Crippen molar-refractivity contribution in [3.8, 4) is 0 Å². The summed E-state index contributed by atoms with van der Waals surface area (Å²) >= 11 is 0. The second-order valence-corrected chi connectivity index (χ2v) is 6.66. The lowest BCUT2D eigenvalue weighted by Crippen LogP contribution is -2.47. The predicted molar refractivity (Wildman–Crippen MR) is 84.7 cm³/mol. The largest absolute Gasteiger partial charge is 0.480 e. The molecule has 1 aromatic heterocycles. The normalized spacial score (nSPS) is 23.7. The predicted octanol–water partition coefficient (Wildman–Crippen LogP) is 1.33. The van der Waals surface area contributed by atoms with Crippen LogP contribution in [0, 0.1) is 12.8 Å². The first kappa shape index (κ1) is 15.9. The van der Waals surface area contributed by atoms with Gasteiger partial charge in [0.1, 0.15) is 6.04 Å². The highest BCUT2D eigenvalue weighted by molar-refractivity contribution is 5.84. The molecule has 2 N–H and O–H groups in total. The molecular formula is C17H23N3O3. The quantitative estimate of drug-likeness (QED) is 0.827. The number of hydrogen-bond acceptors (Lipinski definition) is 4. The summed E-state index contributed by atoms with van der Waals surface area (Å²) in [4.78, 5) is 30.0. The summed E-state index contributed by atoms with van der Waals surface area (Å²) in [6.07, 6.45) is 5.25. The number of rotatable bonds is 6. The number of carbonyl (C=O) groups is 2. The number of carboxylic acids is 1. The highest BCUT2D eigenvalue weighted by Crippen LogP contribution is 2.31. The first-order valence-electron chi connectivity index (χ1n) is 8.22. The molecule has 2 aliphatic rings. The molecule has 2 atom stereocenters. The number of nitrogens with zero attached hydrogens (tertiary/aromatic N) is 2. The third-order valence-corrected chi connectivity index (χ3v) is 4.58. The van der Waals surface area contributed by atoms with Crippen LogP contribution in [0.15, 0.2) is 18.3 Å². The number of hydrogen-bond donors (Lipinski definition) is 2. The van der Waals surface area contributed by atoms with E-state index in [0.29, 0.717) is 25.3 Å². The molecule has 2 fully saturated rings. The molecule has 1 saturated carbocycles. The molecule has 0 bridgehead atoms. The molecule has 1 amide bonds. The summed E-state index contributed by atoms with van der Waals surface area (Å²) in [6, 6.07) is 2.96. The first-order valence-corrected chi connectivity index (χ1v) is 8.22. The third kappa shape index (κ3) is 4.07. The van der Waals surface area contributed by atoms with E-state index in [1.807, 2.05) is 30.2 Å². The lowest BCUT2D eigenvalue weighted by molar-refractivity contribution is -0.139. The molecule has 1 aliphatic heterocycles. The number of carbonyl (C=O) groups excluding carboxylic acids is 1. The fraction of sp³-hybridized carbons (Fsp3) is 0.588. The van der Waals surface area contributed by atoms with E-state index >= 15 is 0 Å². The number of aryl methyl sites for hydroxylation is 1. The van der Waals surface area contributed by atoms with Gasteiger partial charge in [-0.3, -0.25) is 19.9 Å². The van der Waals surface area contributed by atoms with Gasteiger partial charge >= 0.3 is 5.97 Å². The summed E-state index contributed by atoms with van der Waals surface area (Å²) < 4.78 is 0. The van der Waals surface area contributed by atoms with Crippen LogP contribution >= 0.6 is 0 Å². The average Bonchev–Trinajstić information content (AvgIpc) is 3.20. The van der Waals surface area contributed by atoms with Crippen molar-refractivity contribution in [3.05, 3.63) is 29.6 Å². The van der Waals surface area contributed by atoms with E-state index in [4.69, 9.17) is 5.11 Å². The molecule has 2 heterocycles. The number of aromatic nitrogens is 1. The van der Waals surface area contributed by atoms with Crippen LogP contribution in [-0.2, 0) is 16.1 Å². The van der Waals surface area contributed by atoms with Crippen LogP contribution in [0.25, 0.3) is 0 Å². The zero-order chi connectivity index (χ0) is 16.4. The van der Waals surface area contributed by atoms with E-state index in [-0.39, 0.29) is 11.9 Å². The minimum absolute atomic E-state index is 0.0150. The summed E-state index contributed by atoms with van der Waals surface area (Å²) in [5.74, 6) is -0.271. The second kappa shape index (κ2) is 6.66. The highest BCUT2D eigenvalue weighted by atomic mass is 16.4. The first-order chi connectivity index (χ1) is 11.0. The third-order valence-electron chi connectivity index (χ3n) is 4.58. The molecule has 124 valence electrons.